The summed E-state index contributed by atoms with van der Waals surface area (Å²) in [5.74, 6) is 1.98. The van der Waals surface area contributed by atoms with Gasteiger partial charge in [0.2, 0.25) is 5.95 Å². The van der Waals surface area contributed by atoms with E-state index in [0.29, 0.717) is 18.0 Å². The van der Waals surface area contributed by atoms with Crippen molar-refractivity contribution in [2.45, 2.75) is 6.42 Å². The van der Waals surface area contributed by atoms with Gasteiger partial charge in [0.15, 0.2) is 0 Å². The van der Waals surface area contributed by atoms with Gasteiger partial charge in [-0.2, -0.15) is 16.2 Å². The van der Waals surface area contributed by atoms with Gasteiger partial charge in [-0.3, -0.25) is 4.79 Å². The van der Waals surface area contributed by atoms with E-state index in [4.69, 9.17) is 0 Å². The third-order valence-corrected chi connectivity index (χ3v) is 3.80. The van der Waals surface area contributed by atoms with Gasteiger partial charge in [-0.1, -0.05) is 0 Å². The van der Waals surface area contributed by atoms with E-state index in [1.165, 1.54) is 18.0 Å². The van der Waals surface area contributed by atoms with Crippen molar-refractivity contribution in [3.05, 3.63) is 29.8 Å². The van der Waals surface area contributed by atoms with Crippen molar-refractivity contribution < 1.29 is 9.18 Å². The SMILES string of the molecule is O=C(NCC1CCSC1)c1ccnc(F)c1. The van der Waals surface area contributed by atoms with Crippen molar-refractivity contribution in [3.63, 3.8) is 0 Å². The number of amides is 1. The minimum atomic E-state index is -0.621. The summed E-state index contributed by atoms with van der Waals surface area (Å²) in [7, 11) is 0. The lowest BCUT2D eigenvalue weighted by atomic mass is 10.1. The van der Waals surface area contributed by atoms with Crippen molar-refractivity contribution in [2.24, 2.45) is 5.92 Å². The number of rotatable bonds is 3. The minimum absolute atomic E-state index is 0.224. The molecule has 0 spiro atoms. The molecular formula is C11H13FN2OS. The van der Waals surface area contributed by atoms with Gasteiger partial charge in [0.05, 0.1) is 0 Å². The van der Waals surface area contributed by atoms with Crippen molar-refractivity contribution in [3.8, 4) is 0 Å². The fourth-order valence-electron chi connectivity index (χ4n) is 1.63. The van der Waals surface area contributed by atoms with E-state index < -0.39 is 5.95 Å². The number of pyridine rings is 1. The number of hydrogen-bond acceptors (Lipinski definition) is 3. The van der Waals surface area contributed by atoms with Gasteiger partial charge >= 0.3 is 0 Å². The molecule has 0 aliphatic carbocycles. The number of nitrogens with zero attached hydrogens (tertiary/aromatic N) is 1. The van der Waals surface area contributed by atoms with Crippen LogP contribution in [0.1, 0.15) is 16.8 Å². The van der Waals surface area contributed by atoms with Gasteiger partial charge in [-0.25, -0.2) is 4.98 Å². The molecule has 2 heterocycles. The largest absolute Gasteiger partial charge is 0.352 e. The molecule has 16 heavy (non-hydrogen) atoms. The first-order chi connectivity index (χ1) is 7.75. The van der Waals surface area contributed by atoms with Crippen LogP contribution < -0.4 is 5.32 Å². The Labute approximate surface area is 97.8 Å². The molecule has 2 rings (SSSR count). The summed E-state index contributed by atoms with van der Waals surface area (Å²) in [5.41, 5.74) is 0.332. The molecule has 0 aromatic carbocycles. The van der Waals surface area contributed by atoms with E-state index >= 15 is 0 Å². The smallest absolute Gasteiger partial charge is 0.251 e. The number of thioether (sulfide) groups is 1. The number of nitrogens with one attached hydrogen (secondary N) is 1. The highest BCUT2D eigenvalue weighted by molar-refractivity contribution is 7.99. The average molecular weight is 240 g/mol. The van der Waals surface area contributed by atoms with E-state index in [2.05, 4.69) is 10.3 Å². The molecule has 1 aromatic rings. The van der Waals surface area contributed by atoms with Crippen molar-refractivity contribution in [1.29, 1.82) is 0 Å². The van der Waals surface area contributed by atoms with Crippen LogP contribution in [0.4, 0.5) is 4.39 Å². The first kappa shape index (κ1) is 11.4. The van der Waals surface area contributed by atoms with Gasteiger partial charge in [0.25, 0.3) is 5.91 Å². The number of hydrogen-bond donors (Lipinski definition) is 1. The van der Waals surface area contributed by atoms with Crippen LogP contribution in [0.25, 0.3) is 0 Å². The van der Waals surface area contributed by atoms with Crippen LogP contribution in [0.5, 0.6) is 0 Å². The Balaban J connectivity index is 1.87. The number of aromatic nitrogens is 1. The molecule has 1 aromatic heterocycles. The Morgan fingerprint density at radius 2 is 2.56 bits per heavy atom. The number of carbonyl (C=O) groups is 1. The van der Waals surface area contributed by atoms with Crippen molar-refractivity contribution in [2.75, 3.05) is 18.1 Å². The lowest BCUT2D eigenvalue weighted by Gasteiger charge is -2.09. The average Bonchev–Trinajstić information content (AvgIpc) is 2.78. The van der Waals surface area contributed by atoms with Crippen molar-refractivity contribution >= 4 is 17.7 Å². The molecule has 1 fully saturated rings. The van der Waals surface area contributed by atoms with E-state index in [-0.39, 0.29) is 5.91 Å². The Hall–Kier alpha value is -1.10. The summed E-state index contributed by atoms with van der Waals surface area (Å²) >= 11 is 1.91. The molecule has 1 aliphatic heterocycles. The van der Waals surface area contributed by atoms with E-state index in [9.17, 15) is 9.18 Å². The maximum absolute atomic E-state index is 12.8. The topological polar surface area (TPSA) is 42.0 Å². The molecule has 1 aliphatic rings. The first-order valence-electron chi connectivity index (χ1n) is 5.23. The Morgan fingerprint density at radius 3 is 3.25 bits per heavy atom. The van der Waals surface area contributed by atoms with Crippen LogP contribution in [-0.4, -0.2) is 28.9 Å². The summed E-state index contributed by atoms with van der Waals surface area (Å²) in [5, 5.41) is 2.82. The molecule has 86 valence electrons. The van der Waals surface area contributed by atoms with Gasteiger partial charge in [-0.05, 0) is 29.9 Å². The van der Waals surface area contributed by atoms with Crippen LogP contribution in [0.2, 0.25) is 0 Å². The second kappa shape index (κ2) is 5.30. The molecular weight excluding hydrogens is 227 g/mol. The third-order valence-electron chi connectivity index (χ3n) is 2.56. The van der Waals surface area contributed by atoms with Crippen LogP contribution in [0.15, 0.2) is 18.3 Å². The fraction of sp³-hybridized carbons (Fsp3) is 0.455. The summed E-state index contributed by atoms with van der Waals surface area (Å²) < 4.78 is 12.8. The molecule has 1 saturated heterocycles. The van der Waals surface area contributed by atoms with Gasteiger partial charge < -0.3 is 5.32 Å². The summed E-state index contributed by atoms with van der Waals surface area (Å²) in [6, 6.07) is 2.67. The van der Waals surface area contributed by atoms with Gasteiger partial charge in [-0.15, -0.1) is 0 Å². The summed E-state index contributed by atoms with van der Waals surface area (Å²) in [4.78, 5) is 15.1. The predicted molar refractivity (Wildman–Crippen MR) is 62.0 cm³/mol. The molecule has 0 bridgehead atoms. The van der Waals surface area contributed by atoms with Crippen LogP contribution in [0.3, 0.4) is 0 Å². The standard InChI is InChI=1S/C11H13FN2OS/c12-10-5-9(1-3-13-10)11(15)14-6-8-2-4-16-7-8/h1,3,5,8H,2,4,6-7H2,(H,14,15). The maximum Gasteiger partial charge on any atom is 0.251 e. The molecule has 3 nitrogen and oxygen atoms in total. The zero-order chi connectivity index (χ0) is 11.4. The van der Waals surface area contributed by atoms with E-state index in [0.717, 1.165) is 18.2 Å². The molecule has 1 amide bonds. The molecule has 1 atom stereocenters. The predicted octanol–water partition coefficient (Wildman–Crippen LogP) is 1.70. The highest BCUT2D eigenvalue weighted by Gasteiger charge is 2.16. The normalized spacial score (nSPS) is 19.7. The minimum Gasteiger partial charge on any atom is -0.352 e. The third kappa shape index (κ3) is 2.95. The lowest BCUT2D eigenvalue weighted by molar-refractivity contribution is 0.0948. The van der Waals surface area contributed by atoms with Crippen LogP contribution in [0, 0.1) is 11.9 Å². The second-order valence-electron chi connectivity index (χ2n) is 3.81. The quantitative estimate of drug-likeness (QED) is 0.818. The summed E-state index contributed by atoms with van der Waals surface area (Å²) in [6.45, 7) is 0.676. The number of carbonyl (C=O) groups excluding carboxylic acids is 1. The fourth-order valence-corrected chi connectivity index (χ4v) is 2.91. The van der Waals surface area contributed by atoms with Gasteiger partial charge in [0.1, 0.15) is 0 Å². The summed E-state index contributed by atoms with van der Waals surface area (Å²) in [6.07, 6.45) is 2.45. The molecule has 0 saturated carbocycles. The van der Waals surface area contributed by atoms with Crippen LogP contribution >= 0.6 is 11.8 Å². The van der Waals surface area contributed by atoms with Gasteiger partial charge in [0, 0.05) is 24.4 Å². The Kier molecular flexibility index (Phi) is 3.77. The zero-order valence-electron chi connectivity index (χ0n) is 8.78. The van der Waals surface area contributed by atoms with Crippen LogP contribution in [-0.2, 0) is 0 Å². The van der Waals surface area contributed by atoms with E-state index in [1.54, 1.807) is 0 Å². The number of halogens is 1. The molecule has 0 radical (unpaired) electrons. The highest BCUT2D eigenvalue weighted by atomic mass is 32.2. The maximum atomic E-state index is 12.8. The molecule has 1 unspecified atom stereocenters. The van der Waals surface area contributed by atoms with Crippen molar-refractivity contribution in [1.82, 2.24) is 10.3 Å². The monoisotopic (exact) mass is 240 g/mol. The molecule has 1 N–H and O–H groups in total. The molecule has 5 heteroatoms. The first-order valence-corrected chi connectivity index (χ1v) is 6.38. The van der Waals surface area contributed by atoms with E-state index in [1.807, 2.05) is 11.8 Å². The highest BCUT2D eigenvalue weighted by Crippen LogP contribution is 2.22. The second-order valence-corrected chi connectivity index (χ2v) is 4.96. The zero-order valence-corrected chi connectivity index (χ0v) is 9.60. The Morgan fingerprint density at radius 1 is 1.69 bits per heavy atom. The lowest BCUT2D eigenvalue weighted by Crippen LogP contribution is -2.29. The Bertz CT molecular complexity index is 380.